The first-order valence-electron chi connectivity index (χ1n) is 29.0. The molecule has 0 aromatic carbocycles. The molecule has 6 unspecified atom stereocenters. The second-order valence-corrected chi connectivity index (χ2v) is 27.4. The minimum atomic E-state index is -0.0397. The van der Waals surface area contributed by atoms with Gasteiger partial charge in [-0.1, -0.05) is 161 Å². The SMILES string of the molecule is C.C.CC(C)CCC[C@H](C)[C@H]1CCC2C3CCC4=C[C@@H](OC(=O)C(C)C)CC[C@]4(C)C3CC[C@@]21C.CC(C)CCC[C@H](C)[C@H]1CCC2C3CCC4=C[C@@H](OC(=O)C(C)C)CC[C@]4(C)C3CC[C@@]21C. The molecule has 4 nitrogen and oxygen atoms in total. The highest BCUT2D eigenvalue weighted by atomic mass is 16.5. The van der Waals surface area contributed by atoms with E-state index < -0.39 is 0 Å². The summed E-state index contributed by atoms with van der Waals surface area (Å²) in [4.78, 5) is 24.3. The van der Waals surface area contributed by atoms with Crippen LogP contribution in [0.5, 0.6) is 0 Å². The Morgan fingerprint density at radius 1 is 0.485 bits per heavy atom. The van der Waals surface area contributed by atoms with E-state index in [0.717, 1.165) is 83.9 Å². The molecule has 0 bridgehead atoms. The average Bonchev–Trinajstić information content (AvgIpc) is 3.80. The predicted octanol–water partition coefficient (Wildman–Crippen LogP) is 18.5. The van der Waals surface area contributed by atoms with E-state index >= 15 is 0 Å². The van der Waals surface area contributed by atoms with Crippen molar-refractivity contribution in [1.29, 1.82) is 0 Å². The van der Waals surface area contributed by atoms with Gasteiger partial charge in [-0.25, -0.2) is 0 Å². The molecule has 4 heteroatoms. The second kappa shape index (κ2) is 23.1. The van der Waals surface area contributed by atoms with Gasteiger partial charge in [-0.05, 0) is 208 Å². The third kappa shape index (κ3) is 11.5. The van der Waals surface area contributed by atoms with Gasteiger partial charge in [0.2, 0.25) is 0 Å². The van der Waals surface area contributed by atoms with Gasteiger partial charge in [0, 0.05) is 0 Å². The van der Waals surface area contributed by atoms with Crippen molar-refractivity contribution in [3.05, 3.63) is 23.3 Å². The van der Waals surface area contributed by atoms with Crippen molar-refractivity contribution in [2.75, 3.05) is 0 Å². The molecule has 0 aromatic rings. The minimum Gasteiger partial charge on any atom is -0.458 e. The van der Waals surface area contributed by atoms with Crippen LogP contribution in [0.25, 0.3) is 0 Å². The molecule has 0 saturated heterocycles. The highest BCUT2D eigenvalue weighted by Crippen LogP contribution is 2.69. The zero-order valence-electron chi connectivity index (χ0n) is 45.6. The second-order valence-electron chi connectivity index (χ2n) is 27.4. The van der Waals surface area contributed by atoms with Crippen LogP contribution in [0.2, 0.25) is 0 Å². The molecule has 6 fully saturated rings. The van der Waals surface area contributed by atoms with E-state index in [1.54, 1.807) is 11.1 Å². The van der Waals surface area contributed by atoms with Crippen LogP contribution < -0.4 is 0 Å². The molecule has 8 rings (SSSR count). The molecule has 6 saturated carbocycles. The van der Waals surface area contributed by atoms with Crippen LogP contribution >= 0.6 is 0 Å². The highest BCUT2D eigenvalue weighted by Gasteiger charge is 2.61. The molecule has 68 heavy (non-hydrogen) atoms. The van der Waals surface area contributed by atoms with E-state index in [-0.39, 0.29) is 50.8 Å². The molecule has 0 aromatic heterocycles. The van der Waals surface area contributed by atoms with Crippen LogP contribution in [-0.2, 0) is 19.1 Å². The number of carbonyl (C=O) groups is 2. The molecular formula is C64H112O4. The molecule has 392 valence electrons. The van der Waals surface area contributed by atoms with Crippen LogP contribution in [0.4, 0.5) is 0 Å². The molecule has 8 aliphatic carbocycles. The van der Waals surface area contributed by atoms with E-state index in [0.29, 0.717) is 21.7 Å². The maximum Gasteiger partial charge on any atom is 0.308 e. The summed E-state index contributed by atoms with van der Waals surface area (Å²) in [6.07, 6.45) is 34.5. The van der Waals surface area contributed by atoms with Crippen LogP contribution in [0.1, 0.15) is 253 Å². The number of hydrogen-bond acceptors (Lipinski definition) is 4. The Bertz CT molecular complexity index is 1590. The molecule has 0 aliphatic heterocycles. The third-order valence-corrected chi connectivity index (χ3v) is 22.0. The third-order valence-electron chi connectivity index (χ3n) is 22.0. The van der Waals surface area contributed by atoms with Gasteiger partial charge >= 0.3 is 11.9 Å². The van der Waals surface area contributed by atoms with Crippen molar-refractivity contribution < 1.29 is 19.1 Å². The molecule has 8 aliphatic rings. The van der Waals surface area contributed by atoms with Crippen molar-refractivity contribution in [3.63, 3.8) is 0 Å². The van der Waals surface area contributed by atoms with E-state index in [2.05, 4.69) is 81.4 Å². The van der Waals surface area contributed by atoms with Crippen LogP contribution in [-0.4, -0.2) is 24.1 Å². The molecular weight excluding hydrogens is 833 g/mol. The number of carbonyl (C=O) groups excluding carboxylic acids is 2. The number of hydrogen-bond donors (Lipinski definition) is 0. The van der Waals surface area contributed by atoms with E-state index in [4.69, 9.17) is 9.47 Å². The monoisotopic (exact) mass is 945 g/mol. The summed E-state index contributed by atoms with van der Waals surface area (Å²) in [5.74, 6) is 10.5. The predicted molar refractivity (Wildman–Crippen MR) is 289 cm³/mol. The lowest BCUT2D eigenvalue weighted by Crippen LogP contribution is -2.51. The molecule has 0 spiro atoms. The minimum absolute atomic E-state index is 0. The summed E-state index contributed by atoms with van der Waals surface area (Å²) < 4.78 is 11.7. The summed E-state index contributed by atoms with van der Waals surface area (Å²) >= 11 is 0. The first-order chi connectivity index (χ1) is 31.1. The lowest BCUT2D eigenvalue weighted by molar-refractivity contribution is -0.153. The topological polar surface area (TPSA) is 52.6 Å². The fourth-order valence-corrected chi connectivity index (χ4v) is 18.2. The Labute approximate surface area is 422 Å². The van der Waals surface area contributed by atoms with E-state index in [9.17, 15) is 9.59 Å². The normalized spacial score (nSPS) is 40.0. The zero-order valence-corrected chi connectivity index (χ0v) is 45.6. The number of rotatable bonds is 14. The molecule has 0 radical (unpaired) electrons. The van der Waals surface area contributed by atoms with Gasteiger partial charge in [0.05, 0.1) is 11.8 Å². The highest BCUT2D eigenvalue weighted by molar-refractivity contribution is 5.72. The summed E-state index contributed by atoms with van der Waals surface area (Å²) in [6.45, 7) is 32.9. The summed E-state index contributed by atoms with van der Waals surface area (Å²) in [5, 5.41) is 0. The Morgan fingerprint density at radius 2 is 0.853 bits per heavy atom. The fraction of sp³-hybridized carbons (Fsp3) is 0.906. The van der Waals surface area contributed by atoms with Crippen molar-refractivity contribution in [2.24, 2.45) is 105 Å². The van der Waals surface area contributed by atoms with Gasteiger partial charge in [-0.2, -0.15) is 0 Å². The molecule has 0 N–H and O–H groups in total. The Balaban J connectivity index is 0.000000247. The number of fused-ring (bicyclic) bond motifs is 10. The van der Waals surface area contributed by atoms with Gasteiger partial charge in [-0.15, -0.1) is 0 Å². The molecule has 16 atom stereocenters. The van der Waals surface area contributed by atoms with Crippen LogP contribution in [0, 0.1) is 105 Å². The maximum atomic E-state index is 12.2. The van der Waals surface area contributed by atoms with Gasteiger partial charge in [0.25, 0.3) is 0 Å². The summed E-state index contributed by atoms with van der Waals surface area (Å²) in [7, 11) is 0. The summed E-state index contributed by atoms with van der Waals surface area (Å²) in [6, 6.07) is 0. The zero-order chi connectivity index (χ0) is 47.9. The number of ether oxygens (including phenoxy) is 2. The van der Waals surface area contributed by atoms with Gasteiger partial charge in [0.1, 0.15) is 12.2 Å². The fourth-order valence-electron chi connectivity index (χ4n) is 18.2. The first kappa shape index (κ1) is 57.3. The molecule has 0 amide bonds. The largest absolute Gasteiger partial charge is 0.458 e. The smallest absolute Gasteiger partial charge is 0.308 e. The number of esters is 2. The van der Waals surface area contributed by atoms with Crippen molar-refractivity contribution in [3.8, 4) is 0 Å². The summed E-state index contributed by atoms with van der Waals surface area (Å²) in [5.41, 5.74) is 5.06. The lowest BCUT2D eigenvalue weighted by atomic mass is 9.46. The van der Waals surface area contributed by atoms with Crippen molar-refractivity contribution >= 4 is 11.9 Å². The maximum absolute atomic E-state index is 12.2. The Morgan fingerprint density at radius 3 is 1.19 bits per heavy atom. The van der Waals surface area contributed by atoms with Crippen LogP contribution in [0.3, 0.4) is 0 Å². The van der Waals surface area contributed by atoms with Crippen molar-refractivity contribution in [1.82, 2.24) is 0 Å². The van der Waals surface area contributed by atoms with Gasteiger partial charge < -0.3 is 9.47 Å². The Kier molecular flexibility index (Phi) is 19.5. The van der Waals surface area contributed by atoms with Crippen LogP contribution in [0.15, 0.2) is 23.3 Å². The quantitative estimate of drug-likeness (QED) is 0.129. The van der Waals surface area contributed by atoms with E-state index in [1.165, 1.54) is 128 Å². The van der Waals surface area contributed by atoms with Crippen molar-refractivity contribution in [2.45, 2.75) is 265 Å². The standard InChI is InChI=1S/2C31H52O2.2CH4/c2*1-20(2)9-8-10-22(5)26-13-14-27-25-12-11-23-19-24(33-29(32)21(3)4)15-17-30(23,6)28(25)16-18-31(26,27)7;;/h2*19-22,24-28H,8-18H2,1-7H3;2*1H4/t2*22-,24-,25?,26+,27?,28?,30-,31+;;/m00../s1. The van der Waals surface area contributed by atoms with Gasteiger partial charge in [-0.3, -0.25) is 9.59 Å². The molecule has 0 heterocycles. The Hall–Kier alpha value is -1.58. The van der Waals surface area contributed by atoms with Gasteiger partial charge in [0.15, 0.2) is 0 Å². The first-order valence-corrected chi connectivity index (χ1v) is 29.0. The average molecular weight is 946 g/mol. The lowest BCUT2D eigenvalue weighted by Gasteiger charge is -2.59. The number of allylic oxidation sites excluding steroid dienone is 2. The van der Waals surface area contributed by atoms with E-state index in [1.807, 2.05) is 27.7 Å².